The molecule has 0 rings (SSSR count). The summed E-state index contributed by atoms with van der Waals surface area (Å²) in [5.41, 5.74) is 0. The third kappa shape index (κ3) is 5.82. The van der Waals surface area contributed by atoms with Crippen LogP contribution in [0.1, 0.15) is 26.7 Å². The molecule has 0 aromatic rings. The Balaban J connectivity index is 3.85. The van der Waals surface area contributed by atoms with Gasteiger partial charge in [-0.2, -0.15) is 4.91 Å². The third-order valence-electron chi connectivity index (χ3n) is 1.60. The second kappa shape index (κ2) is 5.69. The molecule has 0 bridgehead atoms. The summed E-state index contributed by atoms with van der Waals surface area (Å²) in [5.74, 6) is -0.541. The maximum atomic E-state index is 10.3. The van der Waals surface area contributed by atoms with E-state index < -0.39 is 5.97 Å². The number of hydrogen-bond donors (Lipinski definition) is 1. The predicted octanol–water partition coefficient (Wildman–Crippen LogP) is 1.89. The molecule has 0 spiro atoms. The van der Waals surface area contributed by atoms with Crippen LogP contribution >= 0.6 is 0 Å². The lowest BCUT2D eigenvalue weighted by Gasteiger charge is -2.12. The van der Waals surface area contributed by atoms with Crippen LogP contribution in [-0.4, -0.2) is 17.6 Å². The fourth-order valence-corrected chi connectivity index (χ4v) is 1.24. The molecule has 0 aromatic carbocycles. The van der Waals surface area contributed by atoms with Crippen LogP contribution in [0, 0.1) is 16.7 Å². The van der Waals surface area contributed by atoms with E-state index in [1.54, 1.807) is 0 Å². The molecule has 1 unspecified atom stereocenters. The minimum Gasteiger partial charge on any atom is -0.481 e. The van der Waals surface area contributed by atoms with Crippen LogP contribution in [0.4, 0.5) is 0 Å². The van der Waals surface area contributed by atoms with Gasteiger partial charge in [0.1, 0.15) is 0 Å². The van der Waals surface area contributed by atoms with Crippen molar-refractivity contribution < 1.29 is 9.90 Å². The smallest absolute Gasteiger partial charge is 0.303 e. The zero-order valence-electron chi connectivity index (χ0n) is 7.49. The van der Waals surface area contributed by atoms with E-state index in [9.17, 15) is 9.70 Å². The lowest BCUT2D eigenvalue weighted by molar-refractivity contribution is -0.138. The van der Waals surface area contributed by atoms with Crippen molar-refractivity contribution in [1.82, 2.24) is 0 Å². The first-order chi connectivity index (χ1) is 5.56. The molecule has 0 aliphatic heterocycles. The number of carbonyl (C=O) groups is 1. The van der Waals surface area contributed by atoms with Crippen LogP contribution in [0.3, 0.4) is 0 Å². The molecule has 0 saturated carbocycles. The minimum atomic E-state index is -0.857. The molecular formula is C8H15NO3. The monoisotopic (exact) mass is 173 g/mol. The van der Waals surface area contributed by atoms with E-state index in [1.165, 1.54) is 0 Å². The van der Waals surface area contributed by atoms with Crippen molar-refractivity contribution in [3.05, 3.63) is 4.91 Å². The Morgan fingerprint density at radius 1 is 1.50 bits per heavy atom. The summed E-state index contributed by atoms with van der Waals surface area (Å²) in [7, 11) is 0. The quantitative estimate of drug-likeness (QED) is 0.623. The third-order valence-corrected chi connectivity index (χ3v) is 1.60. The number of aliphatic carboxylic acids is 1. The van der Waals surface area contributed by atoms with Gasteiger partial charge in [0.2, 0.25) is 0 Å². The number of hydrogen-bond acceptors (Lipinski definition) is 3. The average molecular weight is 173 g/mol. The molecule has 0 aliphatic carbocycles. The largest absolute Gasteiger partial charge is 0.481 e. The summed E-state index contributed by atoms with van der Waals surface area (Å²) < 4.78 is 0. The molecule has 4 nitrogen and oxygen atoms in total. The molecule has 0 amide bonds. The maximum Gasteiger partial charge on any atom is 0.303 e. The van der Waals surface area contributed by atoms with Crippen LogP contribution in [0.5, 0.6) is 0 Å². The van der Waals surface area contributed by atoms with Crippen molar-refractivity contribution in [2.75, 3.05) is 6.54 Å². The van der Waals surface area contributed by atoms with Crippen LogP contribution in [0.2, 0.25) is 0 Å². The molecule has 0 radical (unpaired) electrons. The standard InChI is InChI=1S/C8H15NO3/c1-6(2)3-7(5-9-12)4-8(10)11/h6-7H,3-5H2,1-2H3,(H,10,11). The number of nitrogens with zero attached hydrogens (tertiary/aromatic N) is 1. The zero-order valence-corrected chi connectivity index (χ0v) is 7.49. The normalized spacial score (nSPS) is 12.9. The molecule has 12 heavy (non-hydrogen) atoms. The Labute approximate surface area is 71.9 Å². The first-order valence-corrected chi connectivity index (χ1v) is 4.07. The lowest BCUT2D eigenvalue weighted by atomic mass is 9.94. The van der Waals surface area contributed by atoms with Crippen molar-refractivity contribution in [2.45, 2.75) is 26.7 Å². The fourth-order valence-electron chi connectivity index (χ4n) is 1.24. The van der Waals surface area contributed by atoms with E-state index in [0.29, 0.717) is 5.92 Å². The highest BCUT2D eigenvalue weighted by atomic mass is 16.4. The Hall–Kier alpha value is -0.930. The summed E-state index contributed by atoms with van der Waals surface area (Å²) in [6.07, 6.45) is 0.794. The Morgan fingerprint density at radius 2 is 2.08 bits per heavy atom. The van der Waals surface area contributed by atoms with Crippen molar-refractivity contribution in [1.29, 1.82) is 0 Å². The highest BCUT2D eigenvalue weighted by molar-refractivity contribution is 5.67. The van der Waals surface area contributed by atoms with Gasteiger partial charge in [-0.05, 0) is 18.3 Å². The summed E-state index contributed by atoms with van der Waals surface area (Å²) in [6, 6.07) is 0. The highest BCUT2D eigenvalue weighted by Gasteiger charge is 2.14. The first kappa shape index (κ1) is 11.1. The van der Waals surface area contributed by atoms with Gasteiger partial charge < -0.3 is 5.11 Å². The van der Waals surface area contributed by atoms with Gasteiger partial charge in [-0.3, -0.25) is 4.79 Å². The van der Waals surface area contributed by atoms with Gasteiger partial charge in [0.25, 0.3) is 0 Å². The van der Waals surface area contributed by atoms with E-state index in [1.807, 2.05) is 13.8 Å². The van der Waals surface area contributed by atoms with Gasteiger partial charge in [-0.15, -0.1) is 0 Å². The van der Waals surface area contributed by atoms with Crippen molar-refractivity contribution >= 4 is 5.97 Å². The summed E-state index contributed by atoms with van der Waals surface area (Å²) in [4.78, 5) is 20.3. The molecule has 0 aromatic heterocycles. The van der Waals surface area contributed by atoms with Gasteiger partial charge in [0.05, 0.1) is 13.0 Å². The van der Waals surface area contributed by atoms with Gasteiger partial charge in [-0.1, -0.05) is 19.0 Å². The van der Waals surface area contributed by atoms with E-state index in [2.05, 4.69) is 5.18 Å². The van der Waals surface area contributed by atoms with Crippen LogP contribution in [-0.2, 0) is 4.79 Å². The van der Waals surface area contributed by atoms with E-state index >= 15 is 0 Å². The van der Waals surface area contributed by atoms with Gasteiger partial charge >= 0.3 is 5.97 Å². The van der Waals surface area contributed by atoms with Crippen LogP contribution in [0.15, 0.2) is 5.18 Å². The molecular weight excluding hydrogens is 158 g/mol. The second-order valence-corrected chi connectivity index (χ2v) is 3.41. The number of carboxylic acids is 1. The van der Waals surface area contributed by atoms with Gasteiger partial charge in [0.15, 0.2) is 0 Å². The molecule has 1 N–H and O–H groups in total. The zero-order chi connectivity index (χ0) is 9.56. The average Bonchev–Trinajstić information content (AvgIpc) is 1.84. The highest BCUT2D eigenvalue weighted by Crippen LogP contribution is 2.15. The predicted molar refractivity (Wildman–Crippen MR) is 45.9 cm³/mol. The molecule has 0 fully saturated rings. The van der Waals surface area contributed by atoms with Gasteiger partial charge in [-0.25, -0.2) is 0 Å². The SMILES string of the molecule is CC(C)CC(CN=O)CC(=O)O. The van der Waals surface area contributed by atoms with E-state index in [0.717, 1.165) is 6.42 Å². The summed E-state index contributed by atoms with van der Waals surface area (Å²) in [5, 5.41) is 11.2. The second-order valence-electron chi connectivity index (χ2n) is 3.41. The summed E-state index contributed by atoms with van der Waals surface area (Å²) >= 11 is 0. The Morgan fingerprint density at radius 3 is 2.42 bits per heavy atom. The first-order valence-electron chi connectivity index (χ1n) is 4.07. The van der Waals surface area contributed by atoms with Crippen molar-refractivity contribution in [3.63, 3.8) is 0 Å². The molecule has 0 saturated heterocycles. The Kier molecular flexibility index (Phi) is 5.25. The molecule has 0 heterocycles. The van der Waals surface area contributed by atoms with Crippen LogP contribution in [0.25, 0.3) is 0 Å². The van der Waals surface area contributed by atoms with Gasteiger partial charge in [0, 0.05) is 0 Å². The molecule has 70 valence electrons. The number of carboxylic acid groups (broad SMARTS) is 1. The summed E-state index contributed by atoms with van der Waals surface area (Å²) in [6.45, 7) is 4.11. The molecule has 1 atom stereocenters. The topological polar surface area (TPSA) is 66.7 Å². The number of nitroso groups, excluding NO2 is 1. The number of rotatable bonds is 6. The molecule has 4 heteroatoms. The lowest BCUT2D eigenvalue weighted by Crippen LogP contribution is -2.13. The van der Waals surface area contributed by atoms with Crippen LogP contribution < -0.4 is 0 Å². The fraction of sp³-hybridized carbons (Fsp3) is 0.875. The van der Waals surface area contributed by atoms with Crippen molar-refractivity contribution in [3.8, 4) is 0 Å². The minimum absolute atomic E-state index is 0.0456. The van der Waals surface area contributed by atoms with E-state index in [-0.39, 0.29) is 18.9 Å². The maximum absolute atomic E-state index is 10.3. The molecule has 0 aliphatic rings. The van der Waals surface area contributed by atoms with Crippen molar-refractivity contribution in [2.24, 2.45) is 17.0 Å². The Bertz CT molecular complexity index is 156. The van der Waals surface area contributed by atoms with E-state index in [4.69, 9.17) is 5.11 Å².